The van der Waals surface area contributed by atoms with Crippen LogP contribution in [0.1, 0.15) is 62.1 Å². The molecule has 4 rings (SSSR count). The van der Waals surface area contributed by atoms with Crippen LogP contribution in [0.25, 0.3) is 0 Å². The van der Waals surface area contributed by atoms with Gasteiger partial charge in [0.1, 0.15) is 5.82 Å². The molecule has 1 saturated carbocycles. The Morgan fingerprint density at radius 3 is 2.79 bits per heavy atom. The minimum absolute atomic E-state index is 0.274. The number of hydrogen-bond donors (Lipinski definition) is 1. The molecule has 0 spiro atoms. The summed E-state index contributed by atoms with van der Waals surface area (Å²) in [5.41, 5.74) is 2.12. The van der Waals surface area contributed by atoms with Gasteiger partial charge in [-0.25, -0.2) is 15.0 Å². The second-order valence-corrected chi connectivity index (χ2v) is 8.18. The van der Waals surface area contributed by atoms with Crippen molar-refractivity contribution in [3.05, 3.63) is 41.9 Å². The molecule has 0 aromatic carbocycles. The van der Waals surface area contributed by atoms with Crippen LogP contribution in [-0.2, 0) is 4.79 Å². The minimum Gasteiger partial charge on any atom is -0.342 e. The summed E-state index contributed by atoms with van der Waals surface area (Å²) in [7, 11) is 0. The Labute approximate surface area is 166 Å². The third kappa shape index (κ3) is 4.66. The average Bonchev–Trinajstić information content (AvgIpc) is 3.23. The van der Waals surface area contributed by atoms with Crippen LogP contribution in [0.4, 0.5) is 11.8 Å². The highest BCUT2D eigenvalue weighted by Gasteiger charge is 2.28. The van der Waals surface area contributed by atoms with Gasteiger partial charge in [0.2, 0.25) is 11.9 Å². The van der Waals surface area contributed by atoms with Crippen molar-refractivity contribution in [2.45, 2.75) is 57.8 Å². The highest BCUT2D eigenvalue weighted by Crippen LogP contribution is 2.30. The Morgan fingerprint density at radius 1 is 1.14 bits per heavy atom. The van der Waals surface area contributed by atoms with Crippen molar-refractivity contribution in [1.29, 1.82) is 0 Å². The third-order valence-electron chi connectivity index (χ3n) is 5.96. The molecule has 1 aliphatic carbocycles. The fourth-order valence-corrected chi connectivity index (χ4v) is 4.35. The number of aromatic nitrogens is 3. The molecular formula is C22H29N5O. The zero-order valence-corrected chi connectivity index (χ0v) is 16.6. The Kier molecular flexibility index (Phi) is 5.84. The van der Waals surface area contributed by atoms with E-state index in [1.807, 2.05) is 31.3 Å². The maximum absolute atomic E-state index is 12.7. The lowest BCUT2D eigenvalue weighted by atomic mass is 9.93. The number of hydrogen-bond acceptors (Lipinski definition) is 5. The van der Waals surface area contributed by atoms with E-state index in [0.29, 0.717) is 17.8 Å². The lowest BCUT2D eigenvalue weighted by molar-refractivity contribution is -0.133. The molecule has 1 aliphatic heterocycles. The molecule has 2 aromatic heterocycles. The molecule has 1 N–H and O–H groups in total. The fraction of sp³-hybridized carbons (Fsp3) is 0.545. The van der Waals surface area contributed by atoms with E-state index < -0.39 is 0 Å². The van der Waals surface area contributed by atoms with Crippen molar-refractivity contribution >= 4 is 17.7 Å². The summed E-state index contributed by atoms with van der Waals surface area (Å²) in [5.74, 6) is 2.50. The summed E-state index contributed by atoms with van der Waals surface area (Å²) in [5, 5.41) is 3.18. The topological polar surface area (TPSA) is 71.0 Å². The minimum atomic E-state index is 0.274. The van der Waals surface area contributed by atoms with E-state index in [0.717, 1.165) is 49.4 Å². The molecule has 3 heterocycles. The van der Waals surface area contributed by atoms with Crippen LogP contribution in [0.15, 0.2) is 30.6 Å². The maximum atomic E-state index is 12.7. The number of rotatable bonds is 5. The SMILES string of the molecule is Cc1ccc(Nc2nccc(C3CCCN(C(=O)CC4CCCC4)C3)n2)nc1. The predicted octanol–water partition coefficient (Wildman–Crippen LogP) is 4.21. The highest BCUT2D eigenvalue weighted by atomic mass is 16.2. The van der Waals surface area contributed by atoms with Crippen LogP contribution in [0.3, 0.4) is 0 Å². The molecule has 148 valence electrons. The van der Waals surface area contributed by atoms with Crippen molar-refractivity contribution in [3.8, 4) is 0 Å². The van der Waals surface area contributed by atoms with Gasteiger partial charge in [-0.2, -0.15) is 0 Å². The van der Waals surface area contributed by atoms with Gasteiger partial charge in [0.25, 0.3) is 0 Å². The molecule has 28 heavy (non-hydrogen) atoms. The molecule has 2 fully saturated rings. The van der Waals surface area contributed by atoms with E-state index in [-0.39, 0.29) is 5.92 Å². The maximum Gasteiger partial charge on any atom is 0.228 e. The smallest absolute Gasteiger partial charge is 0.228 e. The summed E-state index contributed by atoms with van der Waals surface area (Å²) in [4.78, 5) is 28.2. The van der Waals surface area contributed by atoms with Crippen LogP contribution >= 0.6 is 0 Å². The lowest BCUT2D eigenvalue weighted by Crippen LogP contribution is -2.39. The molecule has 2 aliphatic rings. The van der Waals surface area contributed by atoms with Crippen molar-refractivity contribution in [1.82, 2.24) is 19.9 Å². The molecule has 1 amide bonds. The first-order chi connectivity index (χ1) is 13.7. The van der Waals surface area contributed by atoms with Crippen LogP contribution in [0, 0.1) is 12.8 Å². The van der Waals surface area contributed by atoms with E-state index in [4.69, 9.17) is 4.98 Å². The number of nitrogens with one attached hydrogen (secondary N) is 1. The molecule has 0 bridgehead atoms. The van der Waals surface area contributed by atoms with Gasteiger partial charge in [-0.3, -0.25) is 4.79 Å². The van der Waals surface area contributed by atoms with E-state index in [1.165, 1.54) is 25.7 Å². The molecule has 6 heteroatoms. The van der Waals surface area contributed by atoms with Gasteiger partial charge in [-0.05, 0) is 56.2 Å². The van der Waals surface area contributed by atoms with Crippen LogP contribution in [-0.4, -0.2) is 38.8 Å². The summed E-state index contributed by atoms with van der Waals surface area (Å²) in [6.45, 7) is 3.66. The molecule has 1 atom stereocenters. The number of anilines is 2. The molecule has 2 aromatic rings. The predicted molar refractivity (Wildman–Crippen MR) is 109 cm³/mol. The number of piperidine rings is 1. The van der Waals surface area contributed by atoms with E-state index in [2.05, 4.69) is 20.2 Å². The van der Waals surface area contributed by atoms with Crippen molar-refractivity contribution in [2.75, 3.05) is 18.4 Å². The quantitative estimate of drug-likeness (QED) is 0.843. The number of pyridine rings is 1. The van der Waals surface area contributed by atoms with Gasteiger partial charge in [-0.1, -0.05) is 18.9 Å². The van der Waals surface area contributed by atoms with Crippen LogP contribution in [0.5, 0.6) is 0 Å². The third-order valence-corrected chi connectivity index (χ3v) is 5.96. The first-order valence-corrected chi connectivity index (χ1v) is 10.5. The van der Waals surface area contributed by atoms with Gasteiger partial charge in [0.05, 0.1) is 5.69 Å². The largest absolute Gasteiger partial charge is 0.342 e. The zero-order valence-electron chi connectivity index (χ0n) is 16.6. The molecule has 0 radical (unpaired) electrons. The molecular weight excluding hydrogens is 350 g/mol. The Bertz CT molecular complexity index is 801. The van der Waals surface area contributed by atoms with Gasteiger partial charge >= 0.3 is 0 Å². The van der Waals surface area contributed by atoms with Crippen molar-refractivity contribution in [2.24, 2.45) is 5.92 Å². The normalized spacial score (nSPS) is 20.3. The second kappa shape index (κ2) is 8.67. The van der Waals surface area contributed by atoms with Gasteiger partial charge < -0.3 is 10.2 Å². The molecule has 1 saturated heterocycles. The van der Waals surface area contributed by atoms with Crippen LogP contribution < -0.4 is 5.32 Å². The summed E-state index contributed by atoms with van der Waals surface area (Å²) < 4.78 is 0. The zero-order chi connectivity index (χ0) is 19.3. The Morgan fingerprint density at radius 2 is 2.00 bits per heavy atom. The van der Waals surface area contributed by atoms with E-state index >= 15 is 0 Å². The first kappa shape index (κ1) is 18.8. The number of aryl methyl sites for hydroxylation is 1. The number of carbonyl (C=O) groups excluding carboxylic acids is 1. The highest BCUT2D eigenvalue weighted by molar-refractivity contribution is 5.76. The Hall–Kier alpha value is -2.50. The summed E-state index contributed by atoms with van der Waals surface area (Å²) in [6.07, 6.45) is 11.4. The standard InChI is InChI=1S/C22H29N5O/c1-16-8-9-20(24-14-16)26-22-23-11-10-19(25-22)18-7-4-12-27(15-18)21(28)13-17-5-2-3-6-17/h8-11,14,17-18H,2-7,12-13,15H2,1H3,(H,23,24,25,26). The van der Waals surface area contributed by atoms with Gasteiger partial charge in [0, 0.05) is 37.8 Å². The number of amides is 1. The summed E-state index contributed by atoms with van der Waals surface area (Å²) in [6, 6.07) is 5.91. The van der Waals surface area contributed by atoms with Gasteiger partial charge in [-0.15, -0.1) is 0 Å². The van der Waals surface area contributed by atoms with Gasteiger partial charge in [0.15, 0.2) is 0 Å². The van der Waals surface area contributed by atoms with E-state index in [1.54, 1.807) is 6.20 Å². The average molecular weight is 380 g/mol. The lowest BCUT2D eigenvalue weighted by Gasteiger charge is -2.33. The molecule has 6 nitrogen and oxygen atoms in total. The molecule has 1 unspecified atom stereocenters. The number of nitrogens with zero attached hydrogens (tertiary/aromatic N) is 4. The van der Waals surface area contributed by atoms with E-state index in [9.17, 15) is 4.79 Å². The van der Waals surface area contributed by atoms with Crippen LogP contribution in [0.2, 0.25) is 0 Å². The first-order valence-electron chi connectivity index (χ1n) is 10.5. The fourth-order valence-electron chi connectivity index (χ4n) is 4.35. The monoisotopic (exact) mass is 379 g/mol. The second-order valence-electron chi connectivity index (χ2n) is 8.18. The summed E-state index contributed by atoms with van der Waals surface area (Å²) >= 11 is 0. The van der Waals surface area contributed by atoms with Crippen molar-refractivity contribution < 1.29 is 4.79 Å². The Balaban J connectivity index is 1.40. The van der Waals surface area contributed by atoms with Crippen molar-refractivity contribution in [3.63, 3.8) is 0 Å². The number of carbonyl (C=O) groups is 1. The number of likely N-dealkylation sites (tertiary alicyclic amines) is 1.